The fraction of sp³-hybridized carbons (Fsp3) is 0.300. The van der Waals surface area contributed by atoms with Gasteiger partial charge in [0.15, 0.2) is 0 Å². The molecule has 28 heavy (non-hydrogen) atoms. The molecule has 1 saturated heterocycles. The van der Waals surface area contributed by atoms with Crippen LogP contribution in [-0.2, 0) is 14.8 Å². The first kappa shape index (κ1) is 19.9. The summed E-state index contributed by atoms with van der Waals surface area (Å²) in [5.74, 6) is -0.841. The number of carbonyl (C=O) groups is 2. The Labute approximate surface area is 164 Å². The second-order valence-electron chi connectivity index (χ2n) is 6.59. The Bertz CT molecular complexity index is 959. The van der Waals surface area contributed by atoms with E-state index < -0.39 is 22.0 Å². The van der Waals surface area contributed by atoms with Gasteiger partial charge in [-0.1, -0.05) is 18.2 Å². The highest BCUT2D eigenvalue weighted by molar-refractivity contribution is 7.92. The SMILES string of the molecule is CCN(c1ccccc1)S(=O)(=O)c1ccc(C(=O)N2CCC[C@H]2C(N)=O)cc1. The minimum atomic E-state index is -3.76. The van der Waals surface area contributed by atoms with Crippen LogP contribution in [0.5, 0.6) is 0 Å². The Morgan fingerprint density at radius 3 is 2.32 bits per heavy atom. The molecule has 2 N–H and O–H groups in total. The van der Waals surface area contributed by atoms with Gasteiger partial charge in [0.2, 0.25) is 5.91 Å². The number of carbonyl (C=O) groups excluding carboxylic acids is 2. The van der Waals surface area contributed by atoms with Crippen LogP contribution in [-0.4, -0.2) is 44.3 Å². The number of nitrogens with two attached hydrogens (primary N) is 1. The molecule has 0 aromatic heterocycles. The molecule has 2 aromatic carbocycles. The molecule has 0 spiro atoms. The normalized spacial score (nSPS) is 16.8. The van der Waals surface area contributed by atoms with E-state index in [4.69, 9.17) is 5.73 Å². The number of primary amides is 1. The van der Waals surface area contributed by atoms with E-state index in [1.165, 1.54) is 33.5 Å². The summed E-state index contributed by atoms with van der Waals surface area (Å²) in [6, 6.07) is 14.0. The third-order valence-electron chi connectivity index (χ3n) is 4.86. The van der Waals surface area contributed by atoms with Gasteiger partial charge in [-0.2, -0.15) is 0 Å². The van der Waals surface area contributed by atoms with Gasteiger partial charge in [0.1, 0.15) is 6.04 Å². The number of rotatable bonds is 6. The average molecular weight is 401 g/mol. The first-order valence-electron chi connectivity index (χ1n) is 9.14. The van der Waals surface area contributed by atoms with E-state index in [2.05, 4.69) is 0 Å². The Morgan fingerprint density at radius 2 is 1.75 bits per heavy atom. The molecule has 1 atom stereocenters. The lowest BCUT2D eigenvalue weighted by molar-refractivity contribution is -0.121. The van der Waals surface area contributed by atoms with Crippen molar-refractivity contribution >= 4 is 27.5 Å². The third kappa shape index (κ3) is 3.73. The molecule has 1 heterocycles. The molecular formula is C20H23N3O4S. The van der Waals surface area contributed by atoms with Crippen LogP contribution in [0.1, 0.15) is 30.1 Å². The molecule has 2 amide bonds. The zero-order chi connectivity index (χ0) is 20.3. The maximum Gasteiger partial charge on any atom is 0.264 e. The predicted octanol–water partition coefficient (Wildman–Crippen LogP) is 1.99. The largest absolute Gasteiger partial charge is 0.368 e. The van der Waals surface area contributed by atoms with Crippen LogP contribution >= 0.6 is 0 Å². The number of para-hydroxylation sites is 1. The van der Waals surface area contributed by atoms with Crippen molar-refractivity contribution in [2.45, 2.75) is 30.7 Å². The topological polar surface area (TPSA) is 101 Å². The van der Waals surface area contributed by atoms with E-state index in [0.717, 1.165) is 0 Å². The van der Waals surface area contributed by atoms with Crippen LogP contribution in [0.3, 0.4) is 0 Å². The van der Waals surface area contributed by atoms with Crippen LogP contribution in [0, 0.1) is 0 Å². The molecule has 0 saturated carbocycles. The molecule has 2 aromatic rings. The molecule has 0 aliphatic carbocycles. The summed E-state index contributed by atoms with van der Waals surface area (Å²) in [4.78, 5) is 25.8. The molecule has 1 aliphatic rings. The van der Waals surface area contributed by atoms with E-state index in [9.17, 15) is 18.0 Å². The van der Waals surface area contributed by atoms with E-state index in [1.54, 1.807) is 31.2 Å². The molecule has 0 bridgehead atoms. The maximum atomic E-state index is 13.0. The van der Waals surface area contributed by atoms with Gasteiger partial charge in [0.05, 0.1) is 10.6 Å². The highest BCUT2D eigenvalue weighted by Crippen LogP contribution is 2.25. The number of hydrogen-bond donors (Lipinski definition) is 1. The zero-order valence-corrected chi connectivity index (χ0v) is 16.4. The van der Waals surface area contributed by atoms with Gasteiger partial charge in [0, 0.05) is 18.7 Å². The van der Waals surface area contributed by atoms with E-state index in [-0.39, 0.29) is 17.3 Å². The van der Waals surface area contributed by atoms with Gasteiger partial charge in [0.25, 0.3) is 15.9 Å². The van der Waals surface area contributed by atoms with E-state index in [1.807, 2.05) is 6.07 Å². The van der Waals surface area contributed by atoms with Gasteiger partial charge in [-0.15, -0.1) is 0 Å². The van der Waals surface area contributed by atoms with Gasteiger partial charge < -0.3 is 10.6 Å². The Kier molecular flexibility index (Phi) is 5.69. The average Bonchev–Trinajstić information content (AvgIpc) is 3.19. The van der Waals surface area contributed by atoms with E-state index >= 15 is 0 Å². The van der Waals surface area contributed by atoms with Crippen LogP contribution < -0.4 is 10.0 Å². The van der Waals surface area contributed by atoms with Gasteiger partial charge >= 0.3 is 0 Å². The monoisotopic (exact) mass is 401 g/mol. The van der Waals surface area contributed by atoms with Crippen molar-refractivity contribution in [1.82, 2.24) is 4.90 Å². The highest BCUT2D eigenvalue weighted by Gasteiger charge is 2.33. The molecule has 1 fully saturated rings. The lowest BCUT2D eigenvalue weighted by atomic mass is 10.1. The van der Waals surface area contributed by atoms with Crippen molar-refractivity contribution in [3.63, 3.8) is 0 Å². The highest BCUT2D eigenvalue weighted by atomic mass is 32.2. The van der Waals surface area contributed by atoms with Gasteiger partial charge in [-0.25, -0.2) is 8.42 Å². The number of likely N-dealkylation sites (tertiary alicyclic amines) is 1. The summed E-state index contributed by atoms with van der Waals surface area (Å²) in [5, 5.41) is 0. The second kappa shape index (κ2) is 8.02. The fourth-order valence-corrected chi connectivity index (χ4v) is 4.93. The number of sulfonamides is 1. The number of nitrogens with zero attached hydrogens (tertiary/aromatic N) is 2. The molecule has 8 heteroatoms. The molecular weight excluding hydrogens is 378 g/mol. The van der Waals surface area contributed by atoms with Gasteiger partial charge in [-0.05, 0) is 56.2 Å². The summed E-state index contributed by atoms with van der Waals surface area (Å²) in [5.41, 5.74) is 6.28. The third-order valence-corrected chi connectivity index (χ3v) is 6.78. The first-order valence-corrected chi connectivity index (χ1v) is 10.6. The zero-order valence-electron chi connectivity index (χ0n) is 15.6. The van der Waals surface area contributed by atoms with Crippen molar-refractivity contribution in [2.75, 3.05) is 17.4 Å². The van der Waals surface area contributed by atoms with Crippen LogP contribution in [0.25, 0.3) is 0 Å². The molecule has 3 rings (SSSR count). The maximum absolute atomic E-state index is 13.0. The lowest BCUT2D eigenvalue weighted by Gasteiger charge is -2.24. The molecule has 148 valence electrons. The molecule has 7 nitrogen and oxygen atoms in total. The quantitative estimate of drug-likeness (QED) is 0.800. The molecule has 0 radical (unpaired) electrons. The summed E-state index contributed by atoms with van der Waals surface area (Å²) in [6.07, 6.45) is 1.27. The number of benzene rings is 2. The lowest BCUT2D eigenvalue weighted by Crippen LogP contribution is -2.43. The minimum absolute atomic E-state index is 0.0997. The molecule has 0 unspecified atom stereocenters. The Balaban J connectivity index is 1.85. The van der Waals surface area contributed by atoms with Crippen molar-refractivity contribution in [2.24, 2.45) is 5.73 Å². The summed E-state index contributed by atoms with van der Waals surface area (Å²) >= 11 is 0. The second-order valence-corrected chi connectivity index (χ2v) is 8.45. The summed E-state index contributed by atoms with van der Waals surface area (Å²) < 4.78 is 27.3. The number of hydrogen-bond acceptors (Lipinski definition) is 4. The first-order chi connectivity index (χ1) is 13.4. The van der Waals surface area contributed by atoms with Crippen molar-refractivity contribution < 1.29 is 18.0 Å². The van der Waals surface area contributed by atoms with Crippen molar-refractivity contribution in [3.8, 4) is 0 Å². The summed E-state index contributed by atoms with van der Waals surface area (Å²) in [7, 11) is -3.76. The Hall–Kier alpha value is -2.87. The smallest absolute Gasteiger partial charge is 0.264 e. The van der Waals surface area contributed by atoms with Crippen molar-refractivity contribution in [1.29, 1.82) is 0 Å². The van der Waals surface area contributed by atoms with Crippen LogP contribution in [0.4, 0.5) is 5.69 Å². The van der Waals surface area contributed by atoms with E-state index in [0.29, 0.717) is 30.6 Å². The summed E-state index contributed by atoms with van der Waals surface area (Å²) in [6.45, 7) is 2.50. The van der Waals surface area contributed by atoms with Gasteiger partial charge in [-0.3, -0.25) is 13.9 Å². The van der Waals surface area contributed by atoms with Crippen LogP contribution in [0.2, 0.25) is 0 Å². The fourth-order valence-electron chi connectivity index (χ4n) is 3.45. The number of anilines is 1. The Morgan fingerprint density at radius 1 is 1.11 bits per heavy atom. The number of amides is 2. The predicted molar refractivity (Wildman–Crippen MR) is 106 cm³/mol. The standard InChI is InChI=1S/C20H23N3O4S/c1-2-23(16-7-4-3-5-8-16)28(26,27)17-12-10-15(11-13-17)20(25)22-14-6-9-18(22)19(21)24/h3-5,7-8,10-13,18H,2,6,9,14H2,1H3,(H2,21,24)/t18-/m0/s1. The molecule has 1 aliphatic heterocycles. The van der Waals surface area contributed by atoms with Crippen molar-refractivity contribution in [3.05, 3.63) is 60.2 Å². The minimum Gasteiger partial charge on any atom is -0.368 e. The van der Waals surface area contributed by atoms with Crippen LogP contribution in [0.15, 0.2) is 59.5 Å².